The fraction of sp³-hybridized carbons (Fsp3) is 0.190. The van der Waals surface area contributed by atoms with E-state index in [-0.39, 0.29) is 10.8 Å². The Bertz CT molecular complexity index is 1330. The maximum absolute atomic E-state index is 12.5. The lowest BCUT2D eigenvalue weighted by molar-refractivity contribution is -0.115. The smallest absolute Gasteiger partial charge is 0.263 e. The second-order valence-electron chi connectivity index (χ2n) is 7.99. The SMILES string of the molecule is CC(C)(C)NS(=O)(=O)c1ccc(-c2cncc3cc(C=C4SC(=S)NC4=O)oc23)cc1. The summed E-state index contributed by atoms with van der Waals surface area (Å²) in [5.74, 6) is 0.245. The number of nitrogens with zero attached hydrogens (tertiary/aromatic N) is 1. The highest BCUT2D eigenvalue weighted by Crippen LogP contribution is 2.33. The average molecular weight is 474 g/mol. The van der Waals surface area contributed by atoms with Gasteiger partial charge >= 0.3 is 0 Å². The summed E-state index contributed by atoms with van der Waals surface area (Å²) in [6.45, 7) is 5.36. The fourth-order valence-corrected chi connectivity index (χ4v) is 5.53. The van der Waals surface area contributed by atoms with E-state index in [0.29, 0.717) is 26.1 Å². The summed E-state index contributed by atoms with van der Waals surface area (Å²) in [4.78, 5) is 16.8. The molecule has 1 saturated heterocycles. The van der Waals surface area contributed by atoms with Gasteiger partial charge in [0.1, 0.15) is 15.7 Å². The first-order chi connectivity index (χ1) is 14.5. The van der Waals surface area contributed by atoms with Gasteiger partial charge in [-0.05, 0) is 44.5 Å². The molecule has 0 saturated carbocycles. The van der Waals surface area contributed by atoms with Gasteiger partial charge in [-0.15, -0.1) is 0 Å². The molecule has 2 aromatic heterocycles. The molecule has 160 valence electrons. The van der Waals surface area contributed by atoms with Crippen molar-refractivity contribution in [3.05, 3.63) is 53.4 Å². The van der Waals surface area contributed by atoms with Crippen molar-refractivity contribution in [2.75, 3.05) is 0 Å². The van der Waals surface area contributed by atoms with Crippen LogP contribution in [0.3, 0.4) is 0 Å². The van der Waals surface area contributed by atoms with Gasteiger partial charge in [-0.3, -0.25) is 9.78 Å². The summed E-state index contributed by atoms with van der Waals surface area (Å²) < 4.78 is 34.1. The van der Waals surface area contributed by atoms with Crippen LogP contribution in [0.5, 0.6) is 0 Å². The minimum atomic E-state index is -3.63. The Morgan fingerprint density at radius 3 is 2.52 bits per heavy atom. The molecule has 0 unspecified atom stereocenters. The van der Waals surface area contributed by atoms with Crippen LogP contribution in [0.2, 0.25) is 0 Å². The molecular formula is C21H19N3O4S3. The zero-order valence-corrected chi connectivity index (χ0v) is 19.4. The summed E-state index contributed by atoms with van der Waals surface area (Å²) in [5, 5.41) is 3.33. The molecule has 3 heterocycles. The highest BCUT2D eigenvalue weighted by molar-refractivity contribution is 8.26. The molecule has 0 spiro atoms. The Morgan fingerprint density at radius 1 is 1.19 bits per heavy atom. The van der Waals surface area contributed by atoms with Crippen LogP contribution in [-0.4, -0.2) is 29.2 Å². The van der Waals surface area contributed by atoms with Crippen molar-refractivity contribution in [2.45, 2.75) is 31.2 Å². The molecule has 0 atom stereocenters. The average Bonchev–Trinajstić information content (AvgIpc) is 3.21. The number of furan rings is 1. The number of aromatic nitrogens is 1. The minimum absolute atomic E-state index is 0.177. The van der Waals surface area contributed by atoms with Gasteiger partial charge < -0.3 is 9.73 Å². The van der Waals surface area contributed by atoms with Gasteiger partial charge in [-0.25, -0.2) is 13.1 Å². The number of hydrogen-bond acceptors (Lipinski definition) is 7. The molecule has 4 rings (SSSR count). The number of rotatable bonds is 4. The first-order valence-corrected chi connectivity index (χ1v) is 12.0. The third kappa shape index (κ3) is 4.72. The highest BCUT2D eigenvalue weighted by Gasteiger charge is 2.24. The van der Waals surface area contributed by atoms with Crippen molar-refractivity contribution in [2.24, 2.45) is 0 Å². The van der Waals surface area contributed by atoms with E-state index in [4.69, 9.17) is 16.6 Å². The second kappa shape index (κ2) is 7.86. The van der Waals surface area contributed by atoms with E-state index in [1.807, 2.05) is 0 Å². The lowest BCUT2D eigenvalue weighted by atomic mass is 10.1. The number of hydrogen-bond donors (Lipinski definition) is 2. The summed E-state index contributed by atoms with van der Waals surface area (Å²) in [6, 6.07) is 8.32. The van der Waals surface area contributed by atoms with E-state index in [1.54, 1.807) is 69.6 Å². The van der Waals surface area contributed by atoms with Gasteiger partial charge in [-0.2, -0.15) is 0 Å². The largest absolute Gasteiger partial charge is 0.456 e. The Balaban J connectivity index is 1.69. The number of thioether (sulfide) groups is 1. The number of carbonyl (C=O) groups excluding carboxylic acids is 1. The van der Waals surface area contributed by atoms with Crippen molar-refractivity contribution in [1.82, 2.24) is 15.0 Å². The lowest BCUT2D eigenvalue weighted by Crippen LogP contribution is -2.40. The molecule has 1 aliphatic heterocycles. The van der Waals surface area contributed by atoms with Crippen molar-refractivity contribution in [1.29, 1.82) is 0 Å². The third-order valence-corrected chi connectivity index (χ3v) is 7.21. The fourth-order valence-electron chi connectivity index (χ4n) is 3.08. The summed E-state index contributed by atoms with van der Waals surface area (Å²) in [7, 11) is -3.63. The van der Waals surface area contributed by atoms with E-state index in [1.165, 1.54) is 11.8 Å². The molecule has 1 aliphatic rings. The molecule has 0 bridgehead atoms. The molecule has 2 N–H and O–H groups in total. The van der Waals surface area contributed by atoms with Gasteiger partial charge in [0.15, 0.2) is 0 Å². The molecule has 0 aliphatic carbocycles. The number of amides is 1. The first-order valence-electron chi connectivity index (χ1n) is 9.29. The minimum Gasteiger partial charge on any atom is -0.456 e. The molecule has 1 aromatic carbocycles. The molecule has 1 amide bonds. The van der Waals surface area contributed by atoms with Crippen LogP contribution in [0, 0.1) is 0 Å². The van der Waals surface area contributed by atoms with Crippen molar-refractivity contribution < 1.29 is 17.6 Å². The van der Waals surface area contributed by atoms with Crippen molar-refractivity contribution in [3.63, 3.8) is 0 Å². The zero-order chi connectivity index (χ0) is 22.4. The Labute approximate surface area is 189 Å². The Morgan fingerprint density at radius 2 is 1.90 bits per heavy atom. The molecule has 7 nitrogen and oxygen atoms in total. The van der Waals surface area contributed by atoms with E-state index >= 15 is 0 Å². The van der Waals surface area contributed by atoms with Crippen LogP contribution in [0.4, 0.5) is 0 Å². The van der Waals surface area contributed by atoms with E-state index in [0.717, 1.165) is 10.9 Å². The monoisotopic (exact) mass is 473 g/mol. The predicted octanol–water partition coefficient (Wildman–Crippen LogP) is 4.06. The zero-order valence-electron chi connectivity index (χ0n) is 16.9. The quantitative estimate of drug-likeness (QED) is 0.435. The lowest BCUT2D eigenvalue weighted by Gasteiger charge is -2.20. The maximum atomic E-state index is 12.5. The number of fused-ring (bicyclic) bond motifs is 1. The summed E-state index contributed by atoms with van der Waals surface area (Å²) in [5.41, 5.74) is 1.49. The van der Waals surface area contributed by atoms with Crippen LogP contribution >= 0.6 is 24.0 Å². The van der Waals surface area contributed by atoms with E-state index < -0.39 is 15.6 Å². The molecule has 10 heteroatoms. The van der Waals surface area contributed by atoms with Crippen molar-refractivity contribution >= 4 is 61.3 Å². The predicted molar refractivity (Wildman–Crippen MR) is 126 cm³/mol. The number of sulfonamides is 1. The van der Waals surface area contributed by atoms with Gasteiger partial charge in [0.05, 0.1) is 9.80 Å². The third-order valence-electron chi connectivity index (χ3n) is 4.27. The van der Waals surface area contributed by atoms with Gasteiger partial charge in [0, 0.05) is 35.0 Å². The first kappa shape index (κ1) is 21.7. The van der Waals surface area contributed by atoms with Crippen LogP contribution < -0.4 is 10.0 Å². The standard InChI is InChI=1S/C21H19N3O4S3/c1-21(2,3)24-31(26,27)15-6-4-12(5-7-15)16-11-22-10-13-8-14(28-18(13)16)9-17-19(25)23-20(29)30-17/h4-11,24H,1-3H3,(H,23,25,29). The normalized spacial score (nSPS) is 16.3. The van der Waals surface area contributed by atoms with Gasteiger partial charge in [0.2, 0.25) is 10.0 Å². The number of nitrogens with one attached hydrogen (secondary N) is 2. The van der Waals surface area contributed by atoms with Gasteiger partial charge in [0.25, 0.3) is 5.91 Å². The molecule has 3 aromatic rings. The second-order valence-corrected chi connectivity index (χ2v) is 11.4. The van der Waals surface area contributed by atoms with Crippen LogP contribution in [0.25, 0.3) is 28.2 Å². The van der Waals surface area contributed by atoms with Gasteiger partial charge in [-0.1, -0.05) is 36.1 Å². The topological polar surface area (TPSA) is 101 Å². The van der Waals surface area contributed by atoms with Crippen molar-refractivity contribution in [3.8, 4) is 11.1 Å². The molecule has 0 radical (unpaired) electrons. The number of pyridine rings is 1. The Hall–Kier alpha value is -2.53. The molecule has 31 heavy (non-hydrogen) atoms. The summed E-state index contributed by atoms with van der Waals surface area (Å²) >= 11 is 6.19. The molecule has 1 fully saturated rings. The van der Waals surface area contributed by atoms with Crippen LogP contribution in [0.15, 0.2) is 56.9 Å². The van der Waals surface area contributed by atoms with Crippen LogP contribution in [0.1, 0.15) is 26.5 Å². The highest BCUT2D eigenvalue weighted by atomic mass is 32.2. The maximum Gasteiger partial charge on any atom is 0.263 e. The van der Waals surface area contributed by atoms with E-state index in [2.05, 4.69) is 15.0 Å². The Kier molecular flexibility index (Phi) is 5.50. The van der Waals surface area contributed by atoms with Crippen LogP contribution in [-0.2, 0) is 14.8 Å². The number of benzene rings is 1. The summed E-state index contributed by atoms with van der Waals surface area (Å²) in [6.07, 6.45) is 4.96. The number of thiocarbonyl (C=S) groups is 1. The number of carbonyl (C=O) groups is 1. The molecular weight excluding hydrogens is 454 g/mol. The van der Waals surface area contributed by atoms with E-state index in [9.17, 15) is 13.2 Å².